The summed E-state index contributed by atoms with van der Waals surface area (Å²) in [6.07, 6.45) is 6.38. The predicted octanol–water partition coefficient (Wildman–Crippen LogP) is 2.74. The third-order valence-corrected chi connectivity index (χ3v) is 5.04. The largest absolute Gasteiger partial charge is 0.370 e. The Bertz CT molecular complexity index is 738. The van der Waals surface area contributed by atoms with Crippen LogP contribution in [0.3, 0.4) is 0 Å². The molecule has 0 fully saturated rings. The molecule has 1 aliphatic heterocycles. The number of carbonyl (C=O) groups is 1. The summed E-state index contributed by atoms with van der Waals surface area (Å²) >= 11 is 0. The van der Waals surface area contributed by atoms with Gasteiger partial charge in [0.15, 0.2) is 0 Å². The summed E-state index contributed by atoms with van der Waals surface area (Å²) in [5, 5.41) is 7.06. The Labute approximate surface area is 142 Å². The van der Waals surface area contributed by atoms with E-state index in [1.807, 2.05) is 0 Å². The average Bonchev–Trinajstić information content (AvgIpc) is 3.06. The van der Waals surface area contributed by atoms with Crippen molar-refractivity contribution in [3.63, 3.8) is 0 Å². The van der Waals surface area contributed by atoms with Gasteiger partial charge in [0.1, 0.15) is 0 Å². The summed E-state index contributed by atoms with van der Waals surface area (Å²) in [7, 11) is 0. The molecule has 1 aromatic heterocycles. The molecule has 24 heavy (non-hydrogen) atoms. The minimum absolute atomic E-state index is 0.129. The summed E-state index contributed by atoms with van der Waals surface area (Å²) in [6.45, 7) is 2.48. The minimum atomic E-state index is -0.129. The van der Waals surface area contributed by atoms with Crippen LogP contribution in [0.25, 0.3) is 0 Å². The van der Waals surface area contributed by atoms with Crippen LogP contribution in [0, 0.1) is 0 Å². The Morgan fingerprint density at radius 3 is 3.00 bits per heavy atom. The SMILES string of the molecule is O=C(NCCN1CCCc2ccccc21)c1onc2c1CCCC2. The molecule has 2 aliphatic rings. The molecule has 0 spiro atoms. The standard InChI is InChI=1S/C19H23N3O2/c23-19(18-15-8-2-3-9-16(15)21-24-18)20-11-13-22-12-5-7-14-6-1-4-10-17(14)22/h1,4,6,10H,2-3,5,7-9,11-13H2,(H,20,23). The van der Waals surface area contributed by atoms with Crippen molar-refractivity contribution in [2.24, 2.45) is 0 Å². The molecule has 1 amide bonds. The third-order valence-electron chi connectivity index (χ3n) is 5.04. The smallest absolute Gasteiger partial charge is 0.290 e. The van der Waals surface area contributed by atoms with Gasteiger partial charge < -0.3 is 14.7 Å². The van der Waals surface area contributed by atoms with Crippen LogP contribution >= 0.6 is 0 Å². The van der Waals surface area contributed by atoms with Crippen LogP contribution in [-0.4, -0.2) is 30.7 Å². The van der Waals surface area contributed by atoms with Crippen molar-refractivity contribution in [1.29, 1.82) is 0 Å². The van der Waals surface area contributed by atoms with Gasteiger partial charge in [-0.2, -0.15) is 0 Å². The van der Waals surface area contributed by atoms with Crippen molar-refractivity contribution in [2.45, 2.75) is 38.5 Å². The number of para-hydroxylation sites is 1. The zero-order valence-electron chi connectivity index (χ0n) is 13.9. The number of benzene rings is 1. The van der Waals surface area contributed by atoms with Crippen LogP contribution in [0.1, 0.15) is 46.6 Å². The molecular weight excluding hydrogens is 302 g/mol. The molecule has 5 heteroatoms. The van der Waals surface area contributed by atoms with E-state index in [0.29, 0.717) is 12.3 Å². The Balaban J connectivity index is 1.36. The van der Waals surface area contributed by atoms with Crippen LogP contribution in [0.5, 0.6) is 0 Å². The second-order valence-corrected chi connectivity index (χ2v) is 6.62. The van der Waals surface area contributed by atoms with Crippen molar-refractivity contribution in [3.8, 4) is 0 Å². The first kappa shape index (κ1) is 15.2. The summed E-state index contributed by atoms with van der Waals surface area (Å²) in [6, 6.07) is 8.54. The molecule has 0 radical (unpaired) electrons. The maximum absolute atomic E-state index is 12.4. The van der Waals surface area contributed by atoms with Gasteiger partial charge in [0.25, 0.3) is 5.91 Å². The summed E-state index contributed by atoms with van der Waals surface area (Å²) in [5.74, 6) is 0.291. The predicted molar refractivity (Wildman–Crippen MR) is 92.5 cm³/mol. The number of nitrogens with one attached hydrogen (secondary N) is 1. The number of nitrogens with zero attached hydrogens (tertiary/aromatic N) is 2. The summed E-state index contributed by atoms with van der Waals surface area (Å²) < 4.78 is 5.30. The van der Waals surface area contributed by atoms with E-state index < -0.39 is 0 Å². The van der Waals surface area contributed by atoms with Crippen molar-refractivity contribution in [3.05, 3.63) is 46.8 Å². The van der Waals surface area contributed by atoms with Gasteiger partial charge >= 0.3 is 0 Å². The lowest BCUT2D eigenvalue weighted by Crippen LogP contribution is -2.37. The zero-order chi connectivity index (χ0) is 16.4. The molecule has 1 aromatic carbocycles. The Morgan fingerprint density at radius 2 is 2.04 bits per heavy atom. The third kappa shape index (κ3) is 2.90. The van der Waals surface area contributed by atoms with Crippen LogP contribution in [0.4, 0.5) is 5.69 Å². The number of carbonyl (C=O) groups excluding carboxylic acids is 1. The average molecular weight is 325 g/mol. The van der Waals surface area contributed by atoms with Gasteiger partial charge in [0.2, 0.25) is 5.76 Å². The van der Waals surface area contributed by atoms with Gasteiger partial charge in [-0.15, -0.1) is 0 Å². The lowest BCUT2D eigenvalue weighted by molar-refractivity contribution is 0.0916. The van der Waals surface area contributed by atoms with Gasteiger partial charge in [0, 0.05) is 30.9 Å². The molecule has 0 bridgehead atoms. The van der Waals surface area contributed by atoms with Crippen molar-refractivity contribution >= 4 is 11.6 Å². The van der Waals surface area contributed by atoms with E-state index in [9.17, 15) is 4.79 Å². The highest BCUT2D eigenvalue weighted by molar-refractivity contribution is 5.93. The van der Waals surface area contributed by atoms with E-state index in [2.05, 4.69) is 39.6 Å². The molecule has 0 unspecified atom stereocenters. The number of anilines is 1. The molecule has 1 N–H and O–H groups in total. The van der Waals surface area contributed by atoms with Gasteiger partial charge in [-0.05, 0) is 50.2 Å². The topological polar surface area (TPSA) is 58.4 Å². The van der Waals surface area contributed by atoms with Gasteiger partial charge in [-0.25, -0.2) is 0 Å². The van der Waals surface area contributed by atoms with Crippen molar-refractivity contribution < 1.29 is 9.32 Å². The fraction of sp³-hybridized carbons (Fsp3) is 0.474. The van der Waals surface area contributed by atoms with E-state index >= 15 is 0 Å². The minimum Gasteiger partial charge on any atom is -0.370 e. The van der Waals surface area contributed by atoms with Gasteiger partial charge in [-0.3, -0.25) is 4.79 Å². The quantitative estimate of drug-likeness (QED) is 0.939. The van der Waals surface area contributed by atoms with E-state index in [1.54, 1.807) is 0 Å². The lowest BCUT2D eigenvalue weighted by Gasteiger charge is -2.31. The zero-order valence-corrected chi connectivity index (χ0v) is 13.9. The molecule has 2 heterocycles. The fourth-order valence-electron chi connectivity index (χ4n) is 3.80. The fourth-order valence-corrected chi connectivity index (χ4v) is 3.80. The molecular formula is C19H23N3O2. The Hall–Kier alpha value is -2.30. The highest BCUT2D eigenvalue weighted by Crippen LogP contribution is 2.26. The molecule has 0 saturated heterocycles. The van der Waals surface area contributed by atoms with Crippen LogP contribution in [0.2, 0.25) is 0 Å². The Kier molecular flexibility index (Phi) is 4.24. The summed E-state index contributed by atoms with van der Waals surface area (Å²) in [4.78, 5) is 14.8. The number of aryl methyl sites for hydroxylation is 2. The molecule has 126 valence electrons. The lowest BCUT2D eigenvalue weighted by atomic mass is 9.96. The number of aromatic nitrogens is 1. The van der Waals surface area contributed by atoms with Gasteiger partial charge in [-0.1, -0.05) is 23.4 Å². The van der Waals surface area contributed by atoms with Gasteiger partial charge in [0.05, 0.1) is 5.69 Å². The van der Waals surface area contributed by atoms with E-state index in [4.69, 9.17) is 4.52 Å². The number of fused-ring (bicyclic) bond motifs is 2. The number of hydrogen-bond donors (Lipinski definition) is 1. The van der Waals surface area contributed by atoms with E-state index in [1.165, 1.54) is 17.7 Å². The monoisotopic (exact) mass is 325 g/mol. The first-order chi connectivity index (χ1) is 11.8. The number of hydrogen-bond acceptors (Lipinski definition) is 4. The van der Waals surface area contributed by atoms with E-state index in [-0.39, 0.29) is 5.91 Å². The summed E-state index contributed by atoms with van der Waals surface area (Å²) in [5.41, 5.74) is 4.69. The first-order valence-corrected chi connectivity index (χ1v) is 8.91. The molecule has 2 aromatic rings. The van der Waals surface area contributed by atoms with Crippen LogP contribution in [0.15, 0.2) is 28.8 Å². The van der Waals surface area contributed by atoms with E-state index in [0.717, 1.165) is 56.5 Å². The highest BCUT2D eigenvalue weighted by atomic mass is 16.5. The maximum Gasteiger partial charge on any atom is 0.290 e. The maximum atomic E-state index is 12.4. The normalized spacial score (nSPS) is 16.4. The second kappa shape index (κ2) is 6.67. The molecule has 1 aliphatic carbocycles. The van der Waals surface area contributed by atoms with Crippen LogP contribution < -0.4 is 10.2 Å². The number of amides is 1. The van der Waals surface area contributed by atoms with Crippen molar-refractivity contribution in [2.75, 3.05) is 24.5 Å². The second-order valence-electron chi connectivity index (χ2n) is 6.62. The van der Waals surface area contributed by atoms with Crippen LogP contribution in [-0.2, 0) is 19.3 Å². The molecule has 5 nitrogen and oxygen atoms in total. The molecule has 0 atom stereocenters. The Morgan fingerprint density at radius 1 is 1.17 bits per heavy atom. The first-order valence-electron chi connectivity index (χ1n) is 8.91. The molecule has 0 saturated carbocycles. The van der Waals surface area contributed by atoms with Crippen molar-refractivity contribution in [1.82, 2.24) is 10.5 Å². The molecule has 4 rings (SSSR count). The number of rotatable bonds is 4. The highest BCUT2D eigenvalue weighted by Gasteiger charge is 2.24.